The van der Waals surface area contributed by atoms with E-state index in [1.807, 2.05) is 47.7 Å². The minimum absolute atomic E-state index is 0.613. The maximum atomic E-state index is 5.24. The molecule has 0 bridgehead atoms. The number of rotatable bonds is 6. The third kappa shape index (κ3) is 5.40. The van der Waals surface area contributed by atoms with E-state index in [9.17, 15) is 0 Å². The van der Waals surface area contributed by atoms with E-state index in [-0.39, 0.29) is 0 Å². The Bertz CT molecular complexity index is 3180. The summed E-state index contributed by atoms with van der Waals surface area (Å²) in [6.45, 7) is 0. The van der Waals surface area contributed by atoms with Gasteiger partial charge in [-0.2, -0.15) is 0 Å². The number of hydrogen-bond donors (Lipinski definition) is 0. The number of para-hydroxylation sites is 2. The van der Waals surface area contributed by atoms with Crippen LogP contribution in [0.2, 0.25) is 0 Å². The fraction of sp³-hybridized carbons (Fsp3) is 0. The van der Waals surface area contributed by atoms with E-state index in [4.69, 9.17) is 15.0 Å². The molecule has 5 heteroatoms. The van der Waals surface area contributed by atoms with Gasteiger partial charge in [-0.1, -0.05) is 158 Å². The molecule has 8 aromatic carbocycles. The second-order valence-corrected chi connectivity index (χ2v) is 15.1. The van der Waals surface area contributed by atoms with Gasteiger partial charge in [-0.25, -0.2) is 15.0 Å². The Hall–Kier alpha value is -7.21. The van der Waals surface area contributed by atoms with Crippen LogP contribution in [-0.4, -0.2) is 19.5 Å². The average molecular weight is 733 g/mol. The lowest BCUT2D eigenvalue weighted by Gasteiger charge is -2.19. The molecule has 0 radical (unpaired) electrons. The molecule has 0 aliphatic rings. The molecular weight excluding hydrogens is 701 g/mol. The Morgan fingerprint density at radius 1 is 0.321 bits per heavy atom. The molecule has 3 aromatic heterocycles. The molecule has 0 atom stereocenters. The quantitative estimate of drug-likeness (QED) is 0.171. The molecule has 56 heavy (non-hydrogen) atoms. The summed E-state index contributed by atoms with van der Waals surface area (Å²) >= 11 is 1.85. The van der Waals surface area contributed by atoms with Crippen molar-refractivity contribution >= 4 is 53.3 Å². The largest absolute Gasteiger partial charge is 0.308 e. The lowest BCUT2D eigenvalue weighted by atomic mass is 9.98. The van der Waals surface area contributed by atoms with Crippen LogP contribution in [0.25, 0.3) is 104 Å². The topological polar surface area (TPSA) is 43.6 Å². The van der Waals surface area contributed by atoms with E-state index in [0.29, 0.717) is 17.5 Å². The number of aromatic nitrogens is 4. The van der Waals surface area contributed by atoms with Gasteiger partial charge in [-0.3, -0.25) is 0 Å². The first-order chi connectivity index (χ1) is 27.8. The first kappa shape index (κ1) is 32.2. The summed E-state index contributed by atoms with van der Waals surface area (Å²) in [6.07, 6.45) is 0. The van der Waals surface area contributed by atoms with Gasteiger partial charge >= 0.3 is 0 Å². The van der Waals surface area contributed by atoms with Gasteiger partial charge in [-0.05, 0) is 53.1 Å². The van der Waals surface area contributed by atoms with E-state index < -0.39 is 0 Å². The van der Waals surface area contributed by atoms with Crippen LogP contribution in [0.15, 0.2) is 194 Å². The van der Waals surface area contributed by atoms with Gasteiger partial charge in [-0.15, -0.1) is 11.3 Å². The standard InChI is InChI=1S/C51H32N4S/c1-4-15-33(16-5-1)38-23-14-24-42(51-53-49(34-17-6-2-7-18-34)52-50(54-51)35-19-8-3-9-20-35)48(38)55-44-25-12-10-21-39(44)40-29-27-37(32-45(40)55)36-28-30-47-43(31-36)41-22-11-13-26-46(41)56-47/h1-32H. The molecule has 0 aliphatic heterocycles. The van der Waals surface area contributed by atoms with Gasteiger partial charge < -0.3 is 4.57 Å². The first-order valence-electron chi connectivity index (χ1n) is 18.8. The number of thiophene rings is 1. The smallest absolute Gasteiger partial charge is 0.166 e. The summed E-state index contributed by atoms with van der Waals surface area (Å²) in [4.78, 5) is 15.5. The zero-order chi connectivity index (χ0) is 37.0. The highest BCUT2D eigenvalue weighted by atomic mass is 32.1. The Kier molecular flexibility index (Phi) is 7.64. The highest BCUT2D eigenvalue weighted by molar-refractivity contribution is 7.25. The molecule has 0 spiro atoms. The van der Waals surface area contributed by atoms with Gasteiger partial charge in [0.05, 0.1) is 16.7 Å². The van der Waals surface area contributed by atoms with Gasteiger partial charge in [0.1, 0.15) is 0 Å². The van der Waals surface area contributed by atoms with Crippen LogP contribution in [0, 0.1) is 0 Å². The minimum atomic E-state index is 0.613. The fourth-order valence-electron chi connectivity index (χ4n) is 8.04. The Morgan fingerprint density at radius 2 is 0.857 bits per heavy atom. The molecule has 0 N–H and O–H groups in total. The third-order valence-electron chi connectivity index (χ3n) is 10.7. The van der Waals surface area contributed by atoms with E-state index in [1.54, 1.807) is 0 Å². The predicted molar refractivity (Wildman–Crippen MR) is 234 cm³/mol. The second-order valence-electron chi connectivity index (χ2n) is 14.0. The highest BCUT2D eigenvalue weighted by Crippen LogP contribution is 2.43. The fourth-order valence-corrected chi connectivity index (χ4v) is 9.13. The molecule has 3 heterocycles. The summed E-state index contributed by atoms with van der Waals surface area (Å²) in [6, 6.07) is 68.7. The van der Waals surface area contributed by atoms with Crippen molar-refractivity contribution in [3.63, 3.8) is 0 Å². The van der Waals surface area contributed by atoms with Crippen LogP contribution >= 0.6 is 11.3 Å². The van der Waals surface area contributed by atoms with Crippen molar-refractivity contribution in [2.75, 3.05) is 0 Å². The van der Waals surface area contributed by atoms with Crippen LogP contribution < -0.4 is 0 Å². The van der Waals surface area contributed by atoms with Crippen molar-refractivity contribution in [3.8, 4) is 62.1 Å². The Labute approximate surface area is 327 Å². The number of benzene rings is 8. The van der Waals surface area contributed by atoms with E-state index in [2.05, 4.69) is 162 Å². The predicted octanol–water partition coefficient (Wildman–Crippen LogP) is 13.7. The second kappa shape index (κ2) is 13.3. The summed E-state index contributed by atoms with van der Waals surface area (Å²) in [5.41, 5.74) is 10.6. The number of nitrogens with zero attached hydrogens (tertiary/aromatic N) is 4. The van der Waals surface area contributed by atoms with Crippen LogP contribution in [0.1, 0.15) is 0 Å². The minimum Gasteiger partial charge on any atom is -0.308 e. The Balaban J connectivity index is 1.21. The molecule has 0 unspecified atom stereocenters. The van der Waals surface area contributed by atoms with Crippen molar-refractivity contribution < 1.29 is 0 Å². The lowest BCUT2D eigenvalue weighted by molar-refractivity contribution is 1.06. The molecule has 0 aliphatic carbocycles. The van der Waals surface area contributed by atoms with E-state index in [0.717, 1.165) is 50.1 Å². The summed E-state index contributed by atoms with van der Waals surface area (Å²) < 4.78 is 5.04. The van der Waals surface area contributed by atoms with Crippen molar-refractivity contribution in [1.29, 1.82) is 0 Å². The maximum Gasteiger partial charge on any atom is 0.166 e. The zero-order valence-corrected chi connectivity index (χ0v) is 31.0. The monoisotopic (exact) mass is 732 g/mol. The number of fused-ring (bicyclic) bond motifs is 6. The van der Waals surface area contributed by atoms with Crippen molar-refractivity contribution in [2.45, 2.75) is 0 Å². The Morgan fingerprint density at radius 3 is 1.59 bits per heavy atom. The van der Waals surface area contributed by atoms with Gasteiger partial charge in [0.2, 0.25) is 0 Å². The molecule has 0 saturated heterocycles. The van der Waals surface area contributed by atoms with Crippen LogP contribution in [-0.2, 0) is 0 Å². The highest BCUT2D eigenvalue weighted by Gasteiger charge is 2.23. The first-order valence-corrected chi connectivity index (χ1v) is 19.6. The summed E-state index contributed by atoms with van der Waals surface area (Å²) in [7, 11) is 0. The van der Waals surface area contributed by atoms with E-state index >= 15 is 0 Å². The average Bonchev–Trinajstić information content (AvgIpc) is 3.82. The van der Waals surface area contributed by atoms with E-state index in [1.165, 1.54) is 36.5 Å². The summed E-state index contributed by atoms with van der Waals surface area (Å²) in [5, 5.41) is 4.96. The van der Waals surface area contributed by atoms with Crippen molar-refractivity contribution in [3.05, 3.63) is 194 Å². The van der Waals surface area contributed by atoms with Crippen LogP contribution in [0.3, 0.4) is 0 Å². The molecule has 0 amide bonds. The van der Waals surface area contributed by atoms with Gasteiger partial charge in [0.15, 0.2) is 17.5 Å². The van der Waals surface area contributed by atoms with Crippen molar-refractivity contribution in [1.82, 2.24) is 19.5 Å². The molecule has 11 rings (SSSR count). The zero-order valence-electron chi connectivity index (χ0n) is 30.2. The van der Waals surface area contributed by atoms with Crippen LogP contribution in [0.5, 0.6) is 0 Å². The van der Waals surface area contributed by atoms with Crippen LogP contribution in [0.4, 0.5) is 0 Å². The third-order valence-corrected chi connectivity index (χ3v) is 11.8. The molecule has 0 saturated carbocycles. The molecule has 262 valence electrons. The molecule has 0 fully saturated rings. The number of hydrogen-bond acceptors (Lipinski definition) is 4. The lowest BCUT2D eigenvalue weighted by Crippen LogP contribution is -2.05. The SMILES string of the molecule is c1ccc(-c2nc(-c3ccccc3)nc(-c3cccc(-c4ccccc4)c3-n3c4ccccc4c4ccc(-c5ccc6sc7ccccc7c6c5)cc43)n2)cc1. The van der Waals surface area contributed by atoms with Gasteiger partial charge in [0.25, 0.3) is 0 Å². The molecule has 4 nitrogen and oxygen atoms in total. The molecule has 11 aromatic rings. The van der Waals surface area contributed by atoms with Crippen molar-refractivity contribution in [2.24, 2.45) is 0 Å². The molecular formula is C51H32N4S. The maximum absolute atomic E-state index is 5.24. The normalized spacial score (nSPS) is 11.6. The summed E-state index contributed by atoms with van der Waals surface area (Å²) in [5.74, 6) is 1.88. The van der Waals surface area contributed by atoms with Gasteiger partial charge in [0, 0.05) is 53.2 Å².